The Morgan fingerprint density at radius 1 is 1.00 bits per heavy atom. The molecule has 1 aromatic carbocycles. The smallest absolute Gasteiger partial charge is 0.250 e. The Kier molecular flexibility index (Phi) is 3.46. The molecule has 0 atom stereocenters. The lowest BCUT2D eigenvalue weighted by Crippen LogP contribution is -2.42. The molecule has 2 rings (SSSR count). The van der Waals surface area contributed by atoms with Gasteiger partial charge in [-0.25, -0.2) is 0 Å². The topological polar surface area (TPSA) is 43.4 Å². The van der Waals surface area contributed by atoms with Gasteiger partial charge in [0.25, 0.3) is 8.32 Å². The van der Waals surface area contributed by atoms with Crippen LogP contribution in [0.3, 0.4) is 0 Å². The van der Waals surface area contributed by atoms with Gasteiger partial charge >= 0.3 is 0 Å². The van der Waals surface area contributed by atoms with E-state index in [2.05, 4.69) is 33.9 Å². The summed E-state index contributed by atoms with van der Waals surface area (Å²) in [5.41, 5.74) is 0.897. The lowest BCUT2D eigenvalue weighted by Gasteiger charge is -2.37. The number of carbonyl (C=O) groups excluding carboxylic acids is 2. The van der Waals surface area contributed by atoms with Gasteiger partial charge in [0, 0.05) is 17.2 Å². The fraction of sp³-hybridized carbons (Fsp3) is 0.375. The second-order valence-corrected chi connectivity index (χ2v) is 11.3. The van der Waals surface area contributed by atoms with Crippen molar-refractivity contribution in [3.8, 4) is 0 Å². The number of carbonyl (C=O) groups is 2. The summed E-state index contributed by atoms with van der Waals surface area (Å²) in [7, 11) is -2.13. The largest absolute Gasteiger partial charge is 0.541 e. The number of ketones is 2. The van der Waals surface area contributed by atoms with Crippen LogP contribution in [0.5, 0.6) is 0 Å². The molecule has 0 unspecified atom stereocenters. The average molecular weight is 288 g/mol. The highest BCUT2D eigenvalue weighted by Gasteiger charge is 2.41. The molecule has 1 aliphatic rings. The van der Waals surface area contributed by atoms with Crippen LogP contribution < -0.4 is 0 Å². The molecule has 1 aromatic rings. The summed E-state index contributed by atoms with van der Waals surface area (Å²) < 4.78 is 6.01. The number of hydrogen-bond donors (Lipinski definition) is 0. The molecular formula is C16H20O3Si. The Morgan fingerprint density at radius 3 is 2.10 bits per heavy atom. The Morgan fingerprint density at radius 2 is 1.55 bits per heavy atom. The van der Waals surface area contributed by atoms with E-state index in [1.165, 1.54) is 6.08 Å². The van der Waals surface area contributed by atoms with Crippen molar-refractivity contribution < 1.29 is 14.0 Å². The molecule has 0 aliphatic heterocycles. The van der Waals surface area contributed by atoms with Crippen molar-refractivity contribution in [2.75, 3.05) is 0 Å². The first-order chi connectivity index (χ1) is 9.13. The maximum absolute atomic E-state index is 12.4. The summed E-state index contributed by atoms with van der Waals surface area (Å²) in [5.74, 6) is -0.153. The monoisotopic (exact) mass is 288 g/mol. The Bertz CT molecular complexity index is 606. The zero-order chi connectivity index (χ0) is 15.1. The third kappa shape index (κ3) is 2.48. The highest BCUT2D eigenvalue weighted by Crippen LogP contribution is 2.39. The number of fused-ring (bicyclic) bond motifs is 1. The van der Waals surface area contributed by atoms with E-state index in [0.717, 1.165) is 0 Å². The molecule has 0 saturated heterocycles. The van der Waals surface area contributed by atoms with Crippen molar-refractivity contribution in [2.24, 2.45) is 0 Å². The SMILES string of the molecule is CC(C)(C)[Si](C)(C)OC1=CC(=O)c2ccccc2C1=O. The van der Waals surface area contributed by atoms with Crippen LogP contribution in [0.25, 0.3) is 0 Å². The molecule has 0 aromatic heterocycles. The van der Waals surface area contributed by atoms with Gasteiger partial charge < -0.3 is 4.43 Å². The molecule has 0 bridgehead atoms. The van der Waals surface area contributed by atoms with Crippen LogP contribution in [0.2, 0.25) is 18.1 Å². The first-order valence-electron chi connectivity index (χ1n) is 6.72. The number of Topliss-reactive ketones (excluding diaryl/α,β-unsaturated/α-hetero) is 1. The van der Waals surface area contributed by atoms with Crippen LogP contribution in [0, 0.1) is 0 Å². The van der Waals surface area contributed by atoms with Gasteiger partial charge in [0.15, 0.2) is 11.5 Å². The van der Waals surface area contributed by atoms with Crippen LogP contribution in [0.1, 0.15) is 41.5 Å². The third-order valence-corrected chi connectivity index (χ3v) is 8.44. The molecule has 0 heterocycles. The van der Waals surface area contributed by atoms with E-state index in [9.17, 15) is 9.59 Å². The fourth-order valence-corrected chi connectivity index (χ4v) is 2.80. The van der Waals surface area contributed by atoms with Gasteiger partial charge in [0.05, 0.1) is 0 Å². The molecular weight excluding hydrogens is 268 g/mol. The second-order valence-electron chi connectivity index (χ2n) is 6.61. The minimum atomic E-state index is -2.13. The molecule has 106 valence electrons. The first-order valence-corrected chi connectivity index (χ1v) is 9.63. The highest BCUT2D eigenvalue weighted by molar-refractivity contribution is 6.74. The molecule has 0 fully saturated rings. The molecule has 0 radical (unpaired) electrons. The van der Waals surface area contributed by atoms with Gasteiger partial charge in [0.2, 0.25) is 5.78 Å². The van der Waals surface area contributed by atoms with E-state index >= 15 is 0 Å². The lowest BCUT2D eigenvalue weighted by molar-refractivity contribution is 0.0942. The van der Waals surface area contributed by atoms with Gasteiger partial charge in [-0.05, 0) is 18.1 Å². The molecule has 1 aliphatic carbocycles. The van der Waals surface area contributed by atoms with Crippen LogP contribution in [-0.2, 0) is 4.43 Å². The molecule has 3 nitrogen and oxygen atoms in total. The maximum atomic E-state index is 12.4. The molecule has 20 heavy (non-hydrogen) atoms. The summed E-state index contributed by atoms with van der Waals surface area (Å²) in [4.78, 5) is 24.5. The summed E-state index contributed by atoms with van der Waals surface area (Å²) in [6.07, 6.45) is 1.34. The van der Waals surface area contributed by atoms with Gasteiger partial charge in [-0.2, -0.15) is 0 Å². The molecule has 0 spiro atoms. The van der Waals surface area contributed by atoms with E-state index in [1.54, 1.807) is 24.3 Å². The molecule has 0 amide bonds. The van der Waals surface area contributed by atoms with E-state index in [0.29, 0.717) is 11.1 Å². The standard InChI is InChI=1S/C16H20O3Si/c1-16(2,3)20(4,5)19-14-10-13(17)11-8-6-7-9-12(11)15(14)18/h6-10H,1-5H3. The maximum Gasteiger partial charge on any atom is 0.250 e. The van der Waals surface area contributed by atoms with Crippen LogP contribution in [0.15, 0.2) is 36.1 Å². The highest BCUT2D eigenvalue weighted by atomic mass is 28.4. The van der Waals surface area contributed by atoms with Crippen molar-refractivity contribution in [2.45, 2.75) is 38.9 Å². The van der Waals surface area contributed by atoms with Crippen molar-refractivity contribution in [1.29, 1.82) is 0 Å². The summed E-state index contributed by atoms with van der Waals surface area (Å²) >= 11 is 0. The van der Waals surface area contributed by atoms with Crippen LogP contribution in [-0.4, -0.2) is 19.9 Å². The van der Waals surface area contributed by atoms with Crippen molar-refractivity contribution in [1.82, 2.24) is 0 Å². The summed E-state index contributed by atoms with van der Waals surface area (Å²) in [6, 6.07) is 6.88. The normalized spacial score (nSPS) is 15.8. The van der Waals surface area contributed by atoms with Crippen molar-refractivity contribution in [3.63, 3.8) is 0 Å². The number of rotatable bonds is 2. The van der Waals surface area contributed by atoms with Gasteiger partial charge in [-0.15, -0.1) is 0 Å². The Labute approximate surface area is 120 Å². The number of hydrogen-bond acceptors (Lipinski definition) is 3. The Hall–Kier alpha value is -1.68. The zero-order valence-corrected chi connectivity index (χ0v) is 13.6. The second kappa shape index (κ2) is 4.70. The Balaban J connectivity index is 2.37. The minimum Gasteiger partial charge on any atom is -0.541 e. The van der Waals surface area contributed by atoms with Crippen LogP contribution >= 0.6 is 0 Å². The van der Waals surface area contributed by atoms with E-state index < -0.39 is 8.32 Å². The molecule has 0 N–H and O–H groups in total. The van der Waals surface area contributed by atoms with E-state index in [4.69, 9.17) is 4.43 Å². The predicted molar refractivity (Wildman–Crippen MR) is 81.5 cm³/mol. The predicted octanol–water partition coefficient (Wildman–Crippen LogP) is 3.97. The van der Waals surface area contributed by atoms with Crippen molar-refractivity contribution >= 4 is 19.9 Å². The van der Waals surface area contributed by atoms with Crippen molar-refractivity contribution in [3.05, 3.63) is 47.2 Å². The summed E-state index contributed by atoms with van der Waals surface area (Å²) in [6.45, 7) is 10.4. The third-order valence-electron chi connectivity index (χ3n) is 4.09. The van der Waals surface area contributed by atoms with Gasteiger partial charge in [0.1, 0.15) is 0 Å². The fourth-order valence-electron chi connectivity index (χ4n) is 1.79. The molecule has 4 heteroatoms. The summed E-state index contributed by atoms with van der Waals surface area (Å²) in [5, 5.41) is -0.0197. The zero-order valence-electron chi connectivity index (χ0n) is 12.6. The van der Waals surface area contributed by atoms with E-state index in [1.807, 2.05) is 0 Å². The average Bonchev–Trinajstić information content (AvgIpc) is 2.34. The van der Waals surface area contributed by atoms with Gasteiger partial charge in [-0.1, -0.05) is 45.0 Å². The quantitative estimate of drug-likeness (QED) is 0.773. The minimum absolute atomic E-state index is 0.0197. The number of benzene rings is 1. The van der Waals surface area contributed by atoms with E-state index in [-0.39, 0.29) is 22.4 Å². The van der Waals surface area contributed by atoms with Crippen LogP contribution in [0.4, 0.5) is 0 Å². The molecule has 0 saturated carbocycles. The first kappa shape index (κ1) is 14.7. The number of allylic oxidation sites excluding steroid dienone is 2. The lowest BCUT2D eigenvalue weighted by atomic mass is 9.94. The van der Waals surface area contributed by atoms with Gasteiger partial charge in [-0.3, -0.25) is 9.59 Å².